The van der Waals surface area contributed by atoms with Crippen molar-refractivity contribution in [3.63, 3.8) is 0 Å². The van der Waals surface area contributed by atoms with Crippen LogP contribution in [0.15, 0.2) is 0 Å². The van der Waals surface area contributed by atoms with Gasteiger partial charge in [0.25, 0.3) is 0 Å². The molecule has 130 valence electrons. The first-order valence-corrected chi connectivity index (χ1v) is 8.44. The standard InChI is InChI=1S/C16H24O7/c17-15(21-9-11-3-1-7-19-11)13-5-6-14(23-13)16(18)22-10-12-4-2-8-20-12/h11-14H,1-10H2. The summed E-state index contributed by atoms with van der Waals surface area (Å²) in [5.41, 5.74) is 0. The molecule has 0 aromatic rings. The van der Waals surface area contributed by atoms with Gasteiger partial charge in [0.15, 0.2) is 12.2 Å². The van der Waals surface area contributed by atoms with Gasteiger partial charge in [-0.05, 0) is 38.5 Å². The maximum atomic E-state index is 12.0. The molecule has 0 aliphatic carbocycles. The molecule has 0 bridgehead atoms. The number of rotatable bonds is 6. The molecular formula is C16H24O7. The van der Waals surface area contributed by atoms with E-state index in [2.05, 4.69) is 0 Å². The summed E-state index contributed by atoms with van der Waals surface area (Å²) in [5, 5.41) is 0. The highest BCUT2D eigenvalue weighted by atomic mass is 16.6. The molecular weight excluding hydrogens is 304 g/mol. The first-order chi connectivity index (χ1) is 11.2. The second-order valence-electron chi connectivity index (χ2n) is 6.22. The molecule has 0 amide bonds. The highest BCUT2D eigenvalue weighted by Gasteiger charge is 2.37. The lowest BCUT2D eigenvalue weighted by Crippen LogP contribution is -2.31. The molecule has 3 aliphatic heterocycles. The summed E-state index contributed by atoms with van der Waals surface area (Å²) in [5.74, 6) is -0.843. The fraction of sp³-hybridized carbons (Fsp3) is 0.875. The van der Waals surface area contributed by atoms with Crippen LogP contribution < -0.4 is 0 Å². The molecule has 0 radical (unpaired) electrons. The van der Waals surface area contributed by atoms with Gasteiger partial charge in [0.2, 0.25) is 0 Å². The Morgan fingerprint density at radius 1 is 0.783 bits per heavy atom. The van der Waals surface area contributed by atoms with Crippen LogP contribution in [0.25, 0.3) is 0 Å². The Bertz CT molecular complexity index is 375. The van der Waals surface area contributed by atoms with Crippen LogP contribution in [0.4, 0.5) is 0 Å². The van der Waals surface area contributed by atoms with E-state index in [-0.39, 0.29) is 25.4 Å². The predicted octanol–water partition coefficient (Wildman–Crippen LogP) is 0.978. The average molecular weight is 328 g/mol. The molecule has 0 N–H and O–H groups in total. The van der Waals surface area contributed by atoms with E-state index >= 15 is 0 Å². The summed E-state index contributed by atoms with van der Waals surface area (Å²) in [6.45, 7) is 1.96. The van der Waals surface area contributed by atoms with Gasteiger partial charge in [-0.1, -0.05) is 0 Å². The first kappa shape index (κ1) is 16.7. The first-order valence-electron chi connectivity index (χ1n) is 8.44. The summed E-state index contributed by atoms with van der Waals surface area (Å²) >= 11 is 0. The second-order valence-corrected chi connectivity index (χ2v) is 6.22. The molecule has 23 heavy (non-hydrogen) atoms. The van der Waals surface area contributed by atoms with Gasteiger partial charge >= 0.3 is 11.9 Å². The number of ether oxygens (including phenoxy) is 5. The summed E-state index contributed by atoms with van der Waals surface area (Å²) in [6, 6.07) is 0. The van der Waals surface area contributed by atoms with Crippen LogP contribution >= 0.6 is 0 Å². The van der Waals surface area contributed by atoms with Crippen molar-refractivity contribution in [2.24, 2.45) is 0 Å². The van der Waals surface area contributed by atoms with Gasteiger partial charge in [0.1, 0.15) is 13.2 Å². The van der Waals surface area contributed by atoms with E-state index in [1.807, 2.05) is 0 Å². The molecule has 3 saturated heterocycles. The Kier molecular flexibility index (Phi) is 5.85. The topological polar surface area (TPSA) is 80.3 Å². The number of esters is 2. The maximum absolute atomic E-state index is 12.0. The largest absolute Gasteiger partial charge is 0.461 e. The zero-order chi connectivity index (χ0) is 16.1. The monoisotopic (exact) mass is 328 g/mol. The van der Waals surface area contributed by atoms with Gasteiger partial charge in [-0.3, -0.25) is 0 Å². The third-order valence-electron chi connectivity index (χ3n) is 4.42. The molecule has 3 aliphatic rings. The third-order valence-corrected chi connectivity index (χ3v) is 4.42. The van der Waals surface area contributed by atoms with E-state index in [9.17, 15) is 9.59 Å². The van der Waals surface area contributed by atoms with Crippen molar-refractivity contribution in [1.82, 2.24) is 0 Å². The van der Waals surface area contributed by atoms with Crippen LogP contribution in [-0.4, -0.2) is 62.8 Å². The number of hydrogen-bond acceptors (Lipinski definition) is 7. The maximum Gasteiger partial charge on any atom is 0.335 e. The molecule has 3 heterocycles. The summed E-state index contributed by atoms with van der Waals surface area (Å²) in [7, 11) is 0. The van der Waals surface area contributed by atoms with Crippen molar-refractivity contribution in [3.05, 3.63) is 0 Å². The Hall–Kier alpha value is -1.18. The molecule has 0 saturated carbocycles. The minimum atomic E-state index is -0.684. The fourth-order valence-corrected chi connectivity index (χ4v) is 3.07. The van der Waals surface area contributed by atoms with Crippen molar-refractivity contribution in [2.75, 3.05) is 26.4 Å². The lowest BCUT2D eigenvalue weighted by Gasteiger charge is -2.15. The van der Waals surface area contributed by atoms with Crippen LogP contribution in [0.5, 0.6) is 0 Å². The van der Waals surface area contributed by atoms with E-state index in [1.54, 1.807) is 0 Å². The van der Waals surface area contributed by atoms with Gasteiger partial charge in [0, 0.05) is 13.2 Å². The van der Waals surface area contributed by atoms with Crippen LogP contribution in [0.1, 0.15) is 38.5 Å². The molecule has 7 heteroatoms. The zero-order valence-corrected chi connectivity index (χ0v) is 13.2. The number of carbonyl (C=O) groups is 2. The van der Waals surface area contributed by atoms with E-state index in [1.165, 1.54) is 0 Å². The Morgan fingerprint density at radius 3 is 1.65 bits per heavy atom. The van der Waals surface area contributed by atoms with Crippen molar-refractivity contribution in [3.8, 4) is 0 Å². The molecule has 4 atom stereocenters. The normalized spacial score (nSPS) is 33.7. The summed E-state index contributed by atoms with van der Waals surface area (Å²) in [6.07, 6.45) is 3.40. The molecule has 0 spiro atoms. The molecule has 3 fully saturated rings. The second kappa shape index (κ2) is 8.08. The van der Waals surface area contributed by atoms with Crippen LogP contribution in [-0.2, 0) is 33.3 Å². The summed E-state index contributed by atoms with van der Waals surface area (Å²) < 4.78 is 26.7. The van der Waals surface area contributed by atoms with E-state index in [0.717, 1.165) is 38.9 Å². The number of hydrogen-bond donors (Lipinski definition) is 0. The lowest BCUT2D eigenvalue weighted by molar-refractivity contribution is -0.168. The van der Waals surface area contributed by atoms with Gasteiger partial charge in [-0.2, -0.15) is 0 Å². The van der Waals surface area contributed by atoms with Crippen molar-refractivity contribution in [1.29, 1.82) is 0 Å². The van der Waals surface area contributed by atoms with Gasteiger partial charge in [0.05, 0.1) is 12.2 Å². The van der Waals surface area contributed by atoms with Gasteiger partial charge in [-0.25, -0.2) is 9.59 Å². The molecule has 4 unspecified atom stereocenters. The van der Waals surface area contributed by atoms with E-state index in [4.69, 9.17) is 23.7 Å². The fourth-order valence-electron chi connectivity index (χ4n) is 3.07. The van der Waals surface area contributed by atoms with Crippen LogP contribution in [0.3, 0.4) is 0 Å². The highest BCUT2D eigenvalue weighted by molar-refractivity contribution is 5.79. The quantitative estimate of drug-likeness (QED) is 0.672. The Balaban J connectivity index is 1.35. The Labute approximate surface area is 135 Å². The van der Waals surface area contributed by atoms with E-state index < -0.39 is 24.1 Å². The Morgan fingerprint density at radius 2 is 1.26 bits per heavy atom. The third kappa shape index (κ3) is 4.65. The van der Waals surface area contributed by atoms with Crippen molar-refractivity contribution < 1.29 is 33.3 Å². The SMILES string of the molecule is O=C(OCC1CCCO1)C1CCC(C(=O)OCC2CCCO2)O1. The van der Waals surface area contributed by atoms with Gasteiger partial charge in [-0.15, -0.1) is 0 Å². The van der Waals surface area contributed by atoms with Crippen molar-refractivity contribution >= 4 is 11.9 Å². The minimum Gasteiger partial charge on any atom is -0.461 e. The summed E-state index contributed by atoms with van der Waals surface area (Å²) in [4.78, 5) is 23.9. The number of carbonyl (C=O) groups excluding carboxylic acids is 2. The molecule has 7 nitrogen and oxygen atoms in total. The average Bonchev–Trinajstić information content (AvgIpc) is 3.32. The lowest BCUT2D eigenvalue weighted by atomic mass is 10.2. The van der Waals surface area contributed by atoms with E-state index in [0.29, 0.717) is 12.8 Å². The highest BCUT2D eigenvalue weighted by Crippen LogP contribution is 2.23. The molecule has 3 rings (SSSR count). The zero-order valence-electron chi connectivity index (χ0n) is 13.2. The molecule has 0 aromatic heterocycles. The van der Waals surface area contributed by atoms with Gasteiger partial charge < -0.3 is 23.7 Å². The smallest absolute Gasteiger partial charge is 0.335 e. The molecule has 0 aromatic carbocycles. The van der Waals surface area contributed by atoms with Crippen LogP contribution in [0.2, 0.25) is 0 Å². The van der Waals surface area contributed by atoms with Crippen LogP contribution in [0, 0.1) is 0 Å². The van der Waals surface area contributed by atoms with Crippen molar-refractivity contribution in [2.45, 2.75) is 62.9 Å². The minimum absolute atomic E-state index is 0.00692. The predicted molar refractivity (Wildman–Crippen MR) is 77.8 cm³/mol.